The minimum Gasteiger partial charge on any atom is -0.420 e. The van der Waals surface area contributed by atoms with Gasteiger partial charge >= 0.3 is 0 Å². The van der Waals surface area contributed by atoms with Gasteiger partial charge in [0.15, 0.2) is 0 Å². The molecule has 4 nitrogen and oxygen atoms in total. The monoisotopic (exact) mass is 313 g/mol. The molecule has 23 heavy (non-hydrogen) atoms. The number of likely N-dealkylation sites (tertiary alicyclic amines) is 1. The van der Waals surface area contributed by atoms with E-state index in [0.29, 0.717) is 11.8 Å². The maximum absolute atomic E-state index is 5.92. The first-order valence-electron chi connectivity index (χ1n) is 8.83. The van der Waals surface area contributed by atoms with E-state index in [9.17, 15) is 0 Å². The first-order valence-corrected chi connectivity index (χ1v) is 8.83. The Labute approximate surface area is 138 Å². The van der Waals surface area contributed by atoms with E-state index in [0.717, 1.165) is 43.3 Å². The van der Waals surface area contributed by atoms with Crippen molar-refractivity contribution in [3.05, 3.63) is 36.2 Å². The molecule has 1 aliphatic rings. The van der Waals surface area contributed by atoms with Gasteiger partial charge in [-0.15, -0.1) is 10.2 Å². The molecule has 2 heterocycles. The maximum Gasteiger partial charge on any atom is 0.247 e. The van der Waals surface area contributed by atoms with Gasteiger partial charge in [-0.1, -0.05) is 32.0 Å². The third kappa shape index (κ3) is 4.41. The van der Waals surface area contributed by atoms with Crippen LogP contribution in [0.3, 0.4) is 0 Å². The van der Waals surface area contributed by atoms with Crippen LogP contribution in [0.15, 0.2) is 34.7 Å². The number of nitrogens with zero attached hydrogens (tertiary/aromatic N) is 3. The zero-order chi connectivity index (χ0) is 16.1. The summed E-state index contributed by atoms with van der Waals surface area (Å²) in [6.45, 7) is 8.11. The number of rotatable bonds is 6. The summed E-state index contributed by atoms with van der Waals surface area (Å²) in [6.07, 6.45) is 4.88. The highest BCUT2D eigenvalue weighted by atomic mass is 16.4. The van der Waals surface area contributed by atoms with Crippen molar-refractivity contribution in [2.75, 3.05) is 19.6 Å². The molecule has 0 atom stereocenters. The van der Waals surface area contributed by atoms with Gasteiger partial charge in [-0.3, -0.25) is 0 Å². The minimum atomic E-state index is 0.418. The standard InChI is InChI=1S/C19H27N3O/c1-15(2)7-6-12-22-13-10-17(11-14-22)19-21-20-18(23-19)16-8-4-3-5-9-16/h3-5,8-9,15,17H,6-7,10-14H2,1-2H3. The lowest BCUT2D eigenvalue weighted by atomic mass is 9.96. The van der Waals surface area contributed by atoms with Crippen molar-refractivity contribution in [1.29, 1.82) is 0 Å². The first-order chi connectivity index (χ1) is 11.2. The minimum absolute atomic E-state index is 0.418. The van der Waals surface area contributed by atoms with Gasteiger partial charge in [-0.25, -0.2) is 0 Å². The molecule has 1 fully saturated rings. The average molecular weight is 313 g/mol. The number of hydrogen-bond donors (Lipinski definition) is 0. The Morgan fingerprint density at radius 3 is 2.57 bits per heavy atom. The van der Waals surface area contributed by atoms with E-state index in [1.807, 2.05) is 30.3 Å². The highest BCUT2D eigenvalue weighted by Gasteiger charge is 2.25. The normalized spacial score (nSPS) is 17.0. The number of piperidine rings is 1. The molecule has 1 aromatic carbocycles. The van der Waals surface area contributed by atoms with Gasteiger partial charge in [0.1, 0.15) is 0 Å². The molecule has 0 unspecified atom stereocenters. The zero-order valence-corrected chi connectivity index (χ0v) is 14.2. The molecule has 0 bridgehead atoms. The van der Waals surface area contributed by atoms with Crippen LogP contribution in [0, 0.1) is 5.92 Å². The summed E-state index contributed by atoms with van der Waals surface area (Å²) in [5.41, 5.74) is 0.998. The third-order valence-corrected chi connectivity index (χ3v) is 4.65. The highest BCUT2D eigenvalue weighted by Crippen LogP contribution is 2.29. The van der Waals surface area contributed by atoms with Crippen molar-refractivity contribution < 1.29 is 4.42 Å². The van der Waals surface area contributed by atoms with E-state index in [2.05, 4.69) is 28.9 Å². The van der Waals surface area contributed by atoms with Crippen LogP contribution in [0.1, 0.15) is 51.3 Å². The second-order valence-corrected chi connectivity index (χ2v) is 6.96. The van der Waals surface area contributed by atoms with Crippen LogP contribution in [0.25, 0.3) is 11.5 Å². The number of benzene rings is 1. The van der Waals surface area contributed by atoms with Crippen LogP contribution in [0.4, 0.5) is 0 Å². The van der Waals surface area contributed by atoms with E-state index < -0.39 is 0 Å². The topological polar surface area (TPSA) is 42.2 Å². The quantitative estimate of drug-likeness (QED) is 0.795. The summed E-state index contributed by atoms with van der Waals surface area (Å²) < 4.78 is 5.92. The van der Waals surface area contributed by atoms with Crippen molar-refractivity contribution in [2.24, 2.45) is 5.92 Å². The molecule has 1 aliphatic heterocycles. The molecule has 4 heteroatoms. The Morgan fingerprint density at radius 1 is 1.13 bits per heavy atom. The van der Waals surface area contributed by atoms with Crippen LogP contribution in [0.5, 0.6) is 0 Å². The Morgan fingerprint density at radius 2 is 1.87 bits per heavy atom. The fourth-order valence-corrected chi connectivity index (χ4v) is 3.22. The van der Waals surface area contributed by atoms with E-state index in [1.165, 1.54) is 19.4 Å². The summed E-state index contributed by atoms with van der Waals surface area (Å²) in [7, 11) is 0. The molecule has 0 radical (unpaired) electrons. The van der Waals surface area contributed by atoms with Crippen LogP contribution in [0.2, 0.25) is 0 Å². The molecule has 2 aromatic rings. The molecule has 0 spiro atoms. The molecule has 3 rings (SSSR count). The van der Waals surface area contributed by atoms with E-state index >= 15 is 0 Å². The summed E-state index contributed by atoms with van der Waals surface area (Å²) in [6, 6.07) is 10.0. The van der Waals surface area contributed by atoms with Gasteiger partial charge in [-0.2, -0.15) is 0 Å². The smallest absolute Gasteiger partial charge is 0.247 e. The SMILES string of the molecule is CC(C)CCCN1CCC(c2nnc(-c3ccccc3)o2)CC1. The Kier molecular flexibility index (Phi) is 5.44. The van der Waals surface area contributed by atoms with Gasteiger partial charge in [0, 0.05) is 11.5 Å². The van der Waals surface area contributed by atoms with Gasteiger partial charge in [-0.05, 0) is 63.4 Å². The average Bonchev–Trinajstić information content (AvgIpc) is 3.06. The van der Waals surface area contributed by atoms with Gasteiger partial charge in [0.2, 0.25) is 11.8 Å². The molecule has 1 saturated heterocycles. The fourth-order valence-electron chi connectivity index (χ4n) is 3.22. The second-order valence-electron chi connectivity index (χ2n) is 6.96. The lowest BCUT2D eigenvalue weighted by Crippen LogP contribution is -2.33. The Balaban J connectivity index is 1.51. The number of aromatic nitrogens is 2. The summed E-state index contributed by atoms with van der Waals surface area (Å²) >= 11 is 0. The predicted molar refractivity (Wildman–Crippen MR) is 92.2 cm³/mol. The van der Waals surface area contributed by atoms with Gasteiger partial charge in [0.25, 0.3) is 0 Å². The predicted octanol–water partition coefficient (Wildman–Crippen LogP) is 4.35. The zero-order valence-electron chi connectivity index (χ0n) is 14.2. The molecule has 0 amide bonds. The molecular formula is C19H27N3O. The molecule has 0 aliphatic carbocycles. The maximum atomic E-state index is 5.92. The van der Waals surface area contributed by atoms with E-state index in [4.69, 9.17) is 4.42 Å². The van der Waals surface area contributed by atoms with E-state index in [-0.39, 0.29) is 0 Å². The Hall–Kier alpha value is -1.68. The fraction of sp³-hybridized carbons (Fsp3) is 0.579. The van der Waals surface area contributed by atoms with Gasteiger partial charge in [0.05, 0.1) is 0 Å². The van der Waals surface area contributed by atoms with Crippen LogP contribution in [-0.4, -0.2) is 34.7 Å². The van der Waals surface area contributed by atoms with Crippen LogP contribution in [-0.2, 0) is 0 Å². The second kappa shape index (κ2) is 7.73. The molecule has 0 saturated carbocycles. The molecule has 1 aromatic heterocycles. The highest BCUT2D eigenvalue weighted by molar-refractivity contribution is 5.51. The van der Waals surface area contributed by atoms with Crippen LogP contribution >= 0.6 is 0 Å². The molecule has 0 N–H and O–H groups in total. The molecule has 124 valence electrons. The largest absolute Gasteiger partial charge is 0.420 e. The van der Waals surface area contributed by atoms with Crippen molar-refractivity contribution in [2.45, 2.75) is 45.4 Å². The molecular weight excluding hydrogens is 286 g/mol. The summed E-state index contributed by atoms with van der Waals surface area (Å²) in [4.78, 5) is 2.58. The van der Waals surface area contributed by atoms with E-state index in [1.54, 1.807) is 0 Å². The Bertz CT molecular complexity index is 586. The van der Waals surface area contributed by atoms with Crippen molar-refractivity contribution in [3.8, 4) is 11.5 Å². The van der Waals surface area contributed by atoms with Crippen LogP contribution < -0.4 is 0 Å². The lowest BCUT2D eigenvalue weighted by Gasteiger charge is -2.30. The lowest BCUT2D eigenvalue weighted by molar-refractivity contribution is 0.195. The van der Waals surface area contributed by atoms with Crippen molar-refractivity contribution in [3.63, 3.8) is 0 Å². The van der Waals surface area contributed by atoms with Gasteiger partial charge < -0.3 is 9.32 Å². The first kappa shape index (κ1) is 16.2. The summed E-state index contributed by atoms with van der Waals surface area (Å²) in [5, 5.41) is 8.51. The third-order valence-electron chi connectivity index (χ3n) is 4.65. The number of hydrogen-bond acceptors (Lipinski definition) is 4. The summed E-state index contributed by atoms with van der Waals surface area (Å²) in [5.74, 6) is 2.68. The van der Waals surface area contributed by atoms with Crippen molar-refractivity contribution in [1.82, 2.24) is 15.1 Å². The van der Waals surface area contributed by atoms with Crippen molar-refractivity contribution >= 4 is 0 Å².